The number of carbonyl (C=O) groups is 2. The molecule has 112 valence electrons. The second-order valence-electron chi connectivity index (χ2n) is 4.04. The van der Waals surface area contributed by atoms with E-state index in [9.17, 15) is 14.0 Å². The molecule has 0 saturated carbocycles. The quantitative estimate of drug-likeness (QED) is 0.368. The number of alkyl halides is 1. The number of unbranched alkanes of at least 4 members (excludes halogenated alkanes) is 2. The average molecular weight is 278 g/mol. The summed E-state index contributed by atoms with van der Waals surface area (Å²) in [7, 11) is 1.47. The Kier molecular flexibility index (Phi) is 12.4. The highest BCUT2D eigenvalue weighted by Gasteiger charge is 2.05. The Bertz CT molecular complexity index is 242. The molecule has 2 N–H and O–H groups in total. The zero-order valence-corrected chi connectivity index (χ0v) is 11.3. The zero-order valence-electron chi connectivity index (χ0n) is 11.3. The van der Waals surface area contributed by atoms with Crippen molar-refractivity contribution in [1.29, 1.82) is 0 Å². The summed E-state index contributed by atoms with van der Waals surface area (Å²) in [5.74, 6) is -0.123. The summed E-state index contributed by atoms with van der Waals surface area (Å²) >= 11 is 0. The normalized spacial score (nSPS) is 11.9. The van der Waals surface area contributed by atoms with Crippen LogP contribution in [-0.2, 0) is 19.1 Å². The van der Waals surface area contributed by atoms with Crippen LogP contribution in [0.1, 0.15) is 19.3 Å². The Morgan fingerprint density at radius 2 is 2.16 bits per heavy atom. The number of nitrogens with one attached hydrogen (secondary N) is 2. The predicted octanol–water partition coefficient (Wildman–Crippen LogP) is 0.0200. The smallest absolute Gasteiger partial charge is 0.245 e. The molecule has 0 aliphatic rings. The first-order valence-electron chi connectivity index (χ1n) is 6.35. The van der Waals surface area contributed by atoms with E-state index in [1.165, 1.54) is 7.11 Å². The first kappa shape index (κ1) is 17.8. The van der Waals surface area contributed by atoms with Crippen LogP contribution in [0.2, 0.25) is 0 Å². The van der Waals surface area contributed by atoms with Crippen molar-refractivity contribution in [2.75, 3.05) is 40.0 Å². The first-order valence-corrected chi connectivity index (χ1v) is 6.35. The number of hydrogen-bond acceptors (Lipinski definition) is 4. The molecule has 0 rings (SSSR count). The third-order valence-electron chi connectivity index (χ3n) is 2.28. The SMILES string of the molecule is COCC(=O)NCCCCCOCC(F)CNC=O. The molecule has 0 aliphatic heterocycles. The lowest BCUT2D eigenvalue weighted by Gasteiger charge is -2.08. The Hall–Kier alpha value is -1.21. The largest absolute Gasteiger partial charge is 0.378 e. The van der Waals surface area contributed by atoms with Crippen molar-refractivity contribution >= 4 is 12.3 Å². The zero-order chi connectivity index (χ0) is 14.3. The van der Waals surface area contributed by atoms with Gasteiger partial charge in [0.1, 0.15) is 12.8 Å². The monoisotopic (exact) mass is 278 g/mol. The van der Waals surface area contributed by atoms with Crippen molar-refractivity contribution in [3.63, 3.8) is 0 Å². The lowest BCUT2D eigenvalue weighted by molar-refractivity contribution is -0.124. The van der Waals surface area contributed by atoms with E-state index >= 15 is 0 Å². The Balaban J connectivity index is 3.18. The summed E-state index contributed by atoms with van der Waals surface area (Å²) in [5.41, 5.74) is 0. The second kappa shape index (κ2) is 13.2. The van der Waals surface area contributed by atoms with Gasteiger partial charge >= 0.3 is 0 Å². The second-order valence-corrected chi connectivity index (χ2v) is 4.04. The van der Waals surface area contributed by atoms with Crippen molar-refractivity contribution in [2.24, 2.45) is 0 Å². The van der Waals surface area contributed by atoms with Gasteiger partial charge in [0, 0.05) is 20.3 Å². The number of ether oxygens (including phenoxy) is 2. The number of methoxy groups -OCH3 is 1. The maximum atomic E-state index is 13.0. The van der Waals surface area contributed by atoms with Gasteiger partial charge in [-0.2, -0.15) is 0 Å². The van der Waals surface area contributed by atoms with Crippen molar-refractivity contribution < 1.29 is 23.5 Å². The first-order chi connectivity index (χ1) is 9.20. The molecule has 2 amide bonds. The molecule has 0 fully saturated rings. The van der Waals surface area contributed by atoms with Crippen LogP contribution >= 0.6 is 0 Å². The fourth-order valence-electron chi connectivity index (χ4n) is 1.36. The molecule has 19 heavy (non-hydrogen) atoms. The molecule has 0 heterocycles. The van der Waals surface area contributed by atoms with Crippen LogP contribution in [0, 0.1) is 0 Å². The summed E-state index contributed by atoms with van der Waals surface area (Å²) in [4.78, 5) is 20.9. The van der Waals surface area contributed by atoms with Gasteiger partial charge in [-0.3, -0.25) is 9.59 Å². The molecule has 0 bridgehead atoms. The van der Waals surface area contributed by atoms with Gasteiger partial charge in [-0.25, -0.2) is 4.39 Å². The Morgan fingerprint density at radius 3 is 2.84 bits per heavy atom. The van der Waals surface area contributed by atoms with E-state index < -0.39 is 6.17 Å². The van der Waals surface area contributed by atoms with E-state index in [1.54, 1.807) is 0 Å². The number of rotatable bonds is 13. The molecule has 1 atom stereocenters. The summed E-state index contributed by atoms with van der Waals surface area (Å²) in [5, 5.41) is 4.96. The average Bonchev–Trinajstić information content (AvgIpc) is 2.39. The molecule has 0 radical (unpaired) electrons. The van der Waals surface area contributed by atoms with Gasteiger partial charge in [-0.1, -0.05) is 0 Å². The minimum atomic E-state index is -1.17. The maximum absolute atomic E-state index is 13.0. The van der Waals surface area contributed by atoms with Gasteiger partial charge in [0.05, 0.1) is 13.2 Å². The van der Waals surface area contributed by atoms with E-state index in [2.05, 4.69) is 15.4 Å². The van der Waals surface area contributed by atoms with E-state index in [0.29, 0.717) is 19.6 Å². The van der Waals surface area contributed by atoms with E-state index in [1.807, 2.05) is 0 Å². The summed E-state index contributed by atoms with van der Waals surface area (Å²) in [6.07, 6.45) is 1.86. The highest BCUT2D eigenvalue weighted by Crippen LogP contribution is 1.97. The van der Waals surface area contributed by atoms with E-state index in [4.69, 9.17) is 4.74 Å². The lowest BCUT2D eigenvalue weighted by Crippen LogP contribution is -2.28. The molecule has 0 spiro atoms. The fourth-order valence-corrected chi connectivity index (χ4v) is 1.36. The molecule has 0 saturated heterocycles. The van der Waals surface area contributed by atoms with Crippen LogP contribution in [0.4, 0.5) is 4.39 Å². The van der Waals surface area contributed by atoms with Crippen LogP contribution in [0.25, 0.3) is 0 Å². The van der Waals surface area contributed by atoms with Crippen LogP contribution in [0.3, 0.4) is 0 Å². The van der Waals surface area contributed by atoms with Crippen LogP contribution in [0.15, 0.2) is 0 Å². The molecule has 0 aromatic carbocycles. The van der Waals surface area contributed by atoms with Crippen molar-refractivity contribution in [1.82, 2.24) is 10.6 Å². The number of halogens is 1. The maximum Gasteiger partial charge on any atom is 0.245 e. The summed E-state index contributed by atoms with van der Waals surface area (Å²) in [6, 6.07) is 0. The molecular formula is C12H23FN2O4. The van der Waals surface area contributed by atoms with Gasteiger partial charge in [-0.15, -0.1) is 0 Å². The molecule has 1 unspecified atom stereocenters. The van der Waals surface area contributed by atoms with Gasteiger partial charge in [0.2, 0.25) is 12.3 Å². The van der Waals surface area contributed by atoms with Crippen LogP contribution in [0.5, 0.6) is 0 Å². The van der Waals surface area contributed by atoms with Crippen molar-refractivity contribution in [2.45, 2.75) is 25.4 Å². The standard InChI is InChI=1S/C12H23FN2O4/c1-18-9-12(17)15-5-3-2-4-6-19-8-11(13)7-14-10-16/h10-11H,2-9H2,1H3,(H,14,16)(H,15,17). The fraction of sp³-hybridized carbons (Fsp3) is 0.833. The molecule has 0 aromatic rings. The number of carbonyl (C=O) groups excluding carboxylic acids is 2. The molecular weight excluding hydrogens is 255 g/mol. The summed E-state index contributed by atoms with van der Waals surface area (Å²) < 4.78 is 22.8. The van der Waals surface area contributed by atoms with Gasteiger partial charge in [0.25, 0.3) is 0 Å². The predicted molar refractivity (Wildman–Crippen MR) is 68.5 cm³/mol. The molecule has 7 heteroatoms. The molecule has 6 nitrogen and oxygen atoms in total. The lowest BCUT2D eigenvalue weighted by atomic mass is 10.2. The third-order valence-corrected chi connectivity index (χ3v) is 2.28. The molecule has 0 aromatic heterocycles. The Labute approximate surface area is 113 Å². The number of amides is 2. The third kappa shape index (κ3) is 13.0. The number of hydrogen-bond donors (Lipinski definition) is 2. The van der Waals surface area contributed by atoms with Gasteiger partial charge in [0.15, 0.2) is 0 Å². The van der Waals surface area contributed by atoms with Gasteiger partial charge in [-0.05, 0) is 19.3 Å². The minimum Gasteiger partial charge on any atom is -0.378 e. The summed E-state index contributed by atoms with van der Waals surface area (Å²) in [6.45, 7) is 1.14. The van der Waals surface area contributed by atoms with Gasteiger partial charge < -0.3 is 20.1 Å². The van der Waals surface area contributed by atoms with Crippen LogP contribution in [-0.4, -0.2) is 58.5 Å². The van der Waals surface area contributed by atoms with Crippen molar-refractivity contribution in [3.8, 4) is 0 Å². The van der Waals surface area contributed by atoms with Crippen LogP contribution < -0.4 is 10.6 Å². The minimum absolute atomic E-state index is 0.00852. The van der Waals surface area contributed by atoms with E-state index in [-0.39, 0.29) is 25.7 Å². The highest BCUT2D eigenvalue weighted by molar-refractivity contribution is 5.77. The molecule has 0 aliphatic carbocycles. The Morgan fingerprint density at radius 1 is 1.37 bits per heavy atom. The topological polar surface area (TPSA) is 76.7 Å². The van der Waals surface area contributed by atoms with Crippen molar-refractivity contribution in [3.05, 3.63) is 0 Å². The van der Waals surface area contributed by atoms with E-state index in [0.717, 1.165) is 19.3 Å². The highest BCUT2D eigenvalue weighted by atomic mass is 19.1.